The number of rotatable bonds is 6. The van der Waals surface area contributed by atoms with E-state index in [0.29, 0.717) is 16.5 Å². The SMILES string of the molecule is O=S(=O)(Oc1ccc(Cl)cc1)c1ccc2c(c1)Cc1cc(S(=O)(=O)Oc3ccc(Cl)cc3)ccc1-2. The van der Waals surface area contributed by atoms with Crippen LogP contribution in [0.5, 0.6) is 11.5 Å². The highest BCUT2D eigenvalue weighted by atomic mass is 35.5. The molecule has 0 heterocycles. The molecule has 0 N–H and O–H groups in total. The highest BCUT2D eigenvalue weighted by molar-refractivity contribution is 7.87. The van der Waals surface area contributed by atoms with Crippen LogP contribution in [-0.2, 0) is 26.7 Å². The van der Waals surface area contributed by atoms with Gasteiger partial charge in [0.05, 0.1) is 0 Å². The minimum Gasteiger partial charge on any atom is -0.379 e. The van der Waals surface area contributed by atoms with E-state index in [1.807, 2.05) is 0 Å². The Morgan fingerprint density at radius 1 is 0.543 bits per heavy atom. The van der Waals surface area contributed by atoms with Gasteiger partial charge in [0.25, 0.3) is 0 Å². The van der Waals surface area contributed by atoms with Gasteiger partial charge in [0.15, 0.2) is 0 Å². The fourth-order valence-corrected chi connectivity index (χ4v) is 6.02. The van der Waals surface area contributed by atoms with E-state index in [9.17, 15) is 16.8 Å². The lowest BCUT2D eigenvalue weighted by atomic mass is 10.1. The molecule has 0 saturated carbocycles. The minimum absolute atomic E-state index is 0.00192. The third-order valence-electron chi connectivity index (χ3n) is 5.44. The lowest BCUT2D eigenvalue weighted by Gasteiger charge is -2.09. The number of fused-ring (bicyclic) bond motifs is 3. The summed E-state index contributed by atoms with van der Waals surface area (Å²) in [7, 11) is -8.15. The Bertz CT molecular complexity index is 1520. The first kappa shape index (κ1) is 23.7. The highest BCUT2D eigenvalue weighted by Crippen LogP contribution is 2.39. The van der Waals surface area contributed by atoms with Crippen molar-refractivity contribution in [1.29, 1.82) is 0 Å². The molecule has 0 aromatic heterocycles. The molecule has 0 bridgehead atoms. The third kappa shape index (κ3) is 4.88. The first-order valence-corrected chi connectivity index (χ1v) is 13.8. The Morgan fingerprint density at radius 2 is 0.914 bits per heavy atom. The van der Waals surface area contributed by atoms with Crippen molar-refractivity contribution in [3.8, 4) is 22.6 Å². The van der Waals surface area contributed by atoms with E-state index in [1.54, 1.807) is 24.3 Å². The molecule has 1 aliphatic carbocycles. The Balaban J connectivity index is 1.40. The summed E-state index contributed by atoms with van der Waals surface area (Å²) in [6.07, 6.45) is 0.360. The monoisotopic (exact) mass is 546 g/mol. The molecular formula is C25H16Cl2O6S2. The molecule has 0 amide bonds. The summed E-state index contributed by atoms with van der Waals surface area (Å²) < 4.78 is 61.6. The van der Waals surface area contributed by atoms with Crippen LogP contribution in [0.4, 0.5) is 0 Å². The van der Waals surface area contributed by atoms with Crippen molar-refractivity contribution in [2.45, 2.75) is 16.2 Å². The van der Waals surface area contributed by atoms with E-state index in [0.717, 1.165) is 22.3 Å². The van der Waals surface area contributed by atoms with Crippen molar-refractivity contribution in [3.63, 3.8) is 0 Å². The molecule has 0 saturated heterocycles. The average molecular weight is 547 g/mol. The second kappa shape index (κ2) is 8.87. The maximum atomic E-state index is 12.8. The van der Waals surface area contributed by atoms with E-state index in [-0.39, 0.29) is 21.3 Å². The molecule has 0 radical (unpaired) electrons. The Kier molecular flexibility index (Phi) is 6.01. The minimum atomic E-state index is -4.07. The van der Waals surface area contributed by atoms with Crippen LogP contribution in [0.1, 0.15) is 11.1 Å². The van der Waals surface area contributed by atoms with Crippen molar-refractivity contribution in [3.05, 3.63) is 106 Å². The predicted molar refractivity (Wildman–Crippen MR) is 133 cm³/mol. The molecule has 35 heavy (non-hydrogen) atoms. The second-order valence-corrected chi connectivity index (χ2v) is 11.8. The van der Waals surface area contributed by atoms with Crippen molar-refractivity contribution < 1.29 is 25.2 Å². The number of hydrogen-bond acceptors (Lipinski definition) is 6. The van der Waals surface area contributed by atoms with Crippen molar-refractivity contribution in [2.75, 3.05) is 0 Å². The smallest absolute Gasteiger partial charge is 0.339 e. The van der Waals surface area contributed by atoms with Crippen LogP contribution < -0.4 is 8.37 Å². The molecule has 4 aromatic rings. The fraction of sp³-hybridized carbons (Fsp3) is 0.0400. The molecule has 0 spiro atoms. The molecule has 0 fully saturated rings. The summed E-state index contributed by atoms with van der Waals surface area (Å²) in [6, 6.07) is 21.4. The van der Waals surface area contributed by atoms with E-state index >= 15 is 0 Å². The summed E-state index contributed by atoms with van der Waals surface area (Å²) in [4.78, 5) is -0.00385. The van der Waals surface area contributed by atoms with Gasteiger partial charge in [-0.05, 0) is 101 Å². The van der Waals surface area contributed by atoms with Crippen LogP contribution >= 0.6 is 23.2 Å². The largest absolute Gasteiger partial charge is 0.379 e. The lowest BCUT2D eigenvalue weighted by Crippen LogP contribution is -2.10. The average Bonchev–Trinajstić information content (AvgIpc) is 3.19. The Labute approximate surface area is 212 Å². The van der Waals surface area contributed by atoms with Crippen LogP contribution in [0, 0.1) is 0 Å². The maximum Gasteiger partial charge on any atom is 0.339 e. The lowest BCUT2D eigenvalue weighted by molar-refractivity contribution is 0.484. The zero-order chi connectivity index (χ0) is 24.8. The van der Waals surface area contributed by atoms with Gasteiger partial charge in [-0.15, -0.1) is 0 Å². The second-order valence-electron chi connectivity index (χ2n) is 7.80. The third-order valence-corrected chi connectivity index (χ3v) is 8.43. The summed E-state index contributed by atoms with van der Waals surface area (Å²) in [5, 5.41) is 0.926. The maximum absolute atomic E-state index is 12.8. The highest BCUT2D eigenvalue weighted by Gasteiger charge is 2.26. The van der Waals surface area contributed by atoms with Gasteiger partial charge in [-0.2, -0.15) is 16.8 Å². The Hall–Kier alpha value is -3.04. The first-order valence-electron chi connectivity index (χ1n) is 10.3. The van der Waals surface area contributed by atoms with Gasteiger partial charge in [0.1, 0.15) is 21.3 Å². The zero-order valence-electron chi connectivity index (χ0n) is 17.8. The van der Waals surface area contributed by atoms with Gasteiger partial charge in [-0.3, -0.25) is 0 Å². The molecule has 0 aliphatic heterocycles. The molecule has 5 rings (SSSR count). The number of halogens is 2. The van der Waals surface area contributed by atoms with Gasteiger partial charge in [-0.25, -0.2) is 0 Å². The van der Waals surface area contributed by atoms with Crippen LogP contribution in [-0.4, -0.2) is 16.8 Å². The zero-order valence-corrected chi connectivity index (χ0v) is 21.0. The molecule has 6 nitrogen and oxygen atoms in total. The molecular weight excluding hydrogens is 531 g/mol. The number of hydrogen-bond donors (Lipinski definition) is 0. The molecule has 1 aliphatic rings. The van der Waals surface area contributed by atoms with E-state index in [4.69, 9.17) is 31.6 Å². The standard InChI is InChI=1S/C25H16Cl2O6S2/c26-18-1-5-20(6-2-18)32-34(28,29)22-9-11-24-16(14-22)13-17-15-23(10-12-25(17)24)35(30,31)33-21-7-3-19(27)4-8-21/h1-12,14-15H,13H2. The fourth-order valence-electron chi connectivity index (χ4n) is 3.80. The Morgan fingerprint density at radius 3 is 1.29 bits per heavy atom. The van der Waals surface area contributed by atoms with Crippen LogP contribution in [0.3, 0.4) is 0 Å². The van der Waals surface area contributed by atoms with Crippen LogP contribution in [0.2, 0.25) is 10.0 Å². The quantitative estimate of drug-likeness (QED) is 0.239. The molecule has 10 heteroatoms. The van der Waals surface area contributed by atoms with E-state index in [2.05, 4.69) is 0 Å². The molecule has 178 valence electrons. The van der Waals surface area contributed by atoms with Crippen molar-refractivity contribution in [1.82, 2.24) is 0 Å². The topological polar surface area (TPSA) is 86.7 Å². The van der Waals surface area contributed by atoms with Crippen LogP contribution in [0.15, 0.2) is 94.7 Å². The van der Waals surface area contributed by atoms with Gasteiger partial charge in [0, 0.05) is 10.0 Å². The van der Waals surface area contributed by atoms with Gasteiger partial charge in [0.2, 0.25) is 0 Å². The summed E-state index contributed by atoms with van der Waals surface area (Å²) in [5.74, 6) is 0.294. The van der Waals surface area contributed by atoms with E-state index < -0.39 is 20.2 Å². The van der Waals surface area contributed by atoms with Gasteiger partial charge < -0.3 is 8.37 Å². The molecule has 0 atom stereocenters. The first-order chi connectivity index (χ1) is 16.6. The molecule has 4 aromatic carbocycles. The number of benzene rings is 4. The summed E-state index contributed by atoms with van der Waals surface area (Å²) >= 11 is 11.7. The van der Waals surface area contributed by atoms with Crippen LogP contribution in [0.25, 0.3) is 11.1 Å². The van der Waals surface area contributed by atoms with Gasteiger partial charge >= 0.3 is 20.2 Å². The summed E-state index contributed by atoms with van der Waals surface area (Å²) in [5.41, 5.74) is 3.14. The van der Waals surface area contributed by atoms with E-state index in [1.165, 1.54) is 60.7 Å². The van der Waals surface area contributed by atoms with Crippen molar-refractivity contribution >= 4 is 43.4 Å². The normalized spacial score (nSPS) is 12.6. The molecule has 0 unspecified atom stereocenters. The predicted octanol–water partition coefficient (Wildman–Crippen LogP) is 6.10. The summed E-state index contributed by atoms with van der Waals surface area (Å²) in [6.45, 7) is 0. The van der Waals surface area contributed by atoms with Gasteiger partial charge in [-0.1, -0.05) is 35.3 Å². The van der Waals surface area contributed by atoms with Crippen molar-refractivity contribution in [2.24, 2.45) is 0 Å².